The maximum absolute atomic E-state index is 12.3. The number of esters is 1. The zero-order valence-electron chi connectivity index (χ0n) is 13.4. The average molecular weight is 337 g/mol. The largest absolute Gasteiger partial charge is 0.452 e. The average Bonchev–Trinajstić information content (AvgIpc) is 2.62. The summed E-state index contributed by atoms with van der Waals surface area (Å²) in [7, 11) is 0. The van der Waals surface area contributed by atoms with Gasteiger partial charge in [-0.25, -0.2) is 9.78 Å². The number of pyridine rings is 1. The standard InChI is InChI=1S/C18H15N3O4/c1-12-5-7-13(8-6-12)20-16(22)11-25-18(24)14-10-19-15-4-2-3-9-21(15)17(14)23/h2-10H,11H2,1H3,(H,20,22). The van der Waals surface area contributed by atoms with Crippen LogP contribution in [0.15, 0.2) is 59.7 Å². The molecule has 0 radical (unpaired) electrons. The van der Waals surface area contributed by atoms with Gasteiger partial charge in [-0.15, -0.1) is 0 Å². The van der Waals surface area contributed by atoms with E-state index in [1.54, 1.807) is 30.3 Å². The minimum Gasteiger partial charge on any atom is -0.452 e. The lowest BCUT2D eigenvalue weighted by Gasteiger charge is -2.07. The summed E-state index contributed by atoms with van der Waals surface area (Å²) in [6.45, 7) is 1.44. The van der Waals surface area contributed by atoms with Crippen LogP contribution < -0.4 is 10.9 Å². The van der Waals surface area contributed by atoms with Crippen LogP contribution in [0.4, 0.5) is 5.69 Å². The molecule has 2 aromatic heterocycles. The molecule has 0 unspecified atom stereocenters. The van der Waals surface area contributed by atoms with E-state index in [0.717, 1.165) is 11.8 Å². The fraction of sp³-hybridized carbons (Fsp3) is 0.111. The van der Waals surface area contributed by atoms with Crippen molar-refractivity contribution in [2.24, 2.45) is 0 Å². The molecule has 0 bridgehead atoms. The van der Waals surface area contributed by atoms with Crippen molar-refractivity contribution in [1.82, 2.24) is 9.38 Å². The van der Waals surface area contributed by atoms with Gasteiger partial charge in [0.05, 0.1) is 0 Å². The molecular formula is C18H15N3O4. The molecule has 1 amide bonds. The van der Waals surface area contributed by atoms with Gasteiger partial charge in [0.25, 0.3) is 11.5 Å². The zero-order valence-corrected chi connectivity index (χ0v) is 13.4. The quantitative estimate of drug-likeness (QED) is 0.733. The highest BCUT2D eigenvalue weighted by atomic mass is 16.5. The Labute approximate surface area is 142 Å². The van der Waals surface area contributed by atoms with Gasteiger partial charge < -0.3 is 10.1 Å². The van der Waals surface area contributed by atoms with E-state index in [2.05, 4.69) is 10.3 Å². The van der Waals surface area contributed by atoms with Gasteiger partial charge in [0.1, 0.15) is 11.2 Å². The fourth-order valence-electron chi connectivity index (χ4n) is 2.21. The minimum absolute atomic E-state index is 0.230. The van der Waals surface area contributed by atoms with E-state index in [4.69, 9.17) is 4.74 Å². The molecule has 0 fully saturated rings. The maximum Gasteiger partial charge on any atom is 0.345 e. The van der Waals surface area contributed by atoms with E-state index >= 15 is 0 Å². The normalized spacial score (nSPS) is 10.4. The summed E-state index contributed by atoms with van der Waals surface area (Å²) >= 11 is 0. The summed E-state index contributed by atoms with van der Waals surface area (Å²) in [6, 6.07) is 12.2. The van der Waals surface area contributed by atoms with Gasteiger partial charge in [-0.1, -0.05) is 23.8 Å². The summed E-state index contributed by atoms with van der Waals surface area (Å²) in [5.41, 5.74) is 1.30. The number of anilines is 1. The molecule has 0 aliphatic rings. The molecule has 126 valence electrons. The van der Waals surface area contributed by atoms with E-state index in [1.165, 1.54) is 10.6 Å². The number of carbonyl (C=O) groups excluding carboxylic acids is 2. The highest BCUT2D eigenvalue weighted by Crippen LogP contribution is 2.08. The molecule has 0 aliphatic heterocycles. The molecule has 1 N–H and O–H groups in total. The van der Waals surface area contributed by atoms with Crippen molar-refractivity contribution >= 4 is 23.2 Å². The molecule has 0 aliphatic carbocycles. The van der Waals surface area contributed by atoms with Gasteiger partial charge in [0.15, 0.2) is 6.61 Å². The third kappa shape index (κ3) is 3.72. The monoisotopic (exact) mass is 337 g/mol. The Morgan fingerprint density at radius 3 is 2.68 bits per heavy atom. The van der Waals surface area contributed by atoms with Crippen LogP contribution in [0.1, 0.15) is 15.9 Å². The molecule has 7 nitrogen and oxygen atoms in total. The number of hydrogen-bond acceptors (Lipinski definition) is 5. The van der Waals surface area contributed by atoms with Crippen LogP contribution >= 0.6 is 0 Å². The van der Waals surface area contributed by atoms with Crippen molar-refractivity contribution in [2.75, 3.05) is 11.9 Å². The number of aryl methyl sites for hydroxylation is 1. The van der Waals surface area contributed by atoms with Gasteiger partial charge in [0, 0.05) is 18.1 Å². The van der Waals surface area contributed by atoms with Crippen LogP contribution in [-0.4, -0.2) is 27.9 Å². The van der Waals surface area contributed by atoms with E-state index in [-0.39, 0.29) is 5.56 Å². The van der Waals surface area contributed by atoms with Crippen LogP contribution in [0, 0.1) is 6.92 Å². The Morgan fingerprint density at radius 2 is 1.92 bits per heavy atom. The van der Waals surface area contributed by atoms with Crippen molar-refractivity contribution in [3.05, 3.63) is 76.3 Å². The fourth-order valence-corrected chi connectivity index (χ4v) is 2.21. The van der Waals surface area contributed by atoms with E-state index in [0.29, 0.717) is 11.3 Å². The first kappa shape index (κ1) is 16.4. The second-order valence-electron chi connectivity index (χ2n) is 5.40. The van der Waals surface area contributed by atoms with Crippen LogP contribution in [0.2, 0.25) is 0 Å². The number of aromatic nitrogens is 2. The van der Waals surface area contributed by atoms with Gasteiger partial charge in [-0.2, -0.15) is 0 Å². The Balaban J connectivity index is 1.66. The Hall–Kier alpha value is -3.48. The van der Waals surface area contributed by atoms with Gasteiger partial charge >= 0.3 is 5.97 Å². The molecule has 2 heterocycles. The Morgan fingerprint density at radius 1 is 1.16 bits per heavy atom. The van der Waals surface area contributed by atoms with E-state index in [1.807, 2.05) is 19.1 Å². The van der Waals surface area contributed by atoms with E-state index < -0.39 is 24.0 Å². The smallest absolute Gasteiger partial charge is 0.345 e. The zero-order chi connectivity index (χ0) is 17.8. The number of nitrogens with one attached hydrogen (secondary N) is 1. The predicted octanol–water partition coefficient (Wildman–Crippen LogP) is 1.80. The summed E-state index contributed by atoms with van der Waals surface area (Å²) in [5.74, 6) is -1.39. The molecule has 3 aromatic rings. The van der Waals surface area contributed by atoms with E-state index in [9.17, 15) is 14.4 Å². The first-order valence-electron chi connectivity index (χ1n) is 7.54. The van der Waals surface area contributed by atoms with Crippen molar-refractivity contribution in [3.8, 4) is 0 Å². The topological polar surface area (TPSA) is 89.8 Å². The number of hydrogen-bond donors (Lipinski definition) is 1. The van der Waals surface area contributed by atoms with Crippen LogP contribution in [0.5, 0.6) is 0 Å². The Bertz CT molecular complexity index is 993. The maximum atomic E-state index is 12.3. The van der Waals surface area contributed by atoms with Crippen molar-refractivity contribution in [1.29, 1.82) is 0 Å². The molecule has 3 rings (SSSR count). The number of nitrogens with zero attached hydrogens (tertiary/aromatic N) is 2. The van der Waals surface area contributed by atoms with Gasteiger partial charge in [-0.3, -0.25) is 14.0 Å². The number of carbonyl (C=O) groups is 2. The molecule has 25 heavy (non-hydrogen) atoms. The molecule has 0 atom stereocenters. The molecule has 0 saturated carbocycles. The van der Waals surface area contributed by atoms with Crippen molar-refractivity contribution < 1.29 is 14.3 Å². The summed E-state index contributed by atoms with van der Waals surface area (Å²) in [4.78, 5) is 40.2. The predicted molar refractivity (Wildman–Crippen MR) is 91.6 cm³/mol. The number of benzene rings is 1. The molecular weight excluding hydrogens is 322 g/mol. The van der Waals surface area contributed by atoms with Gasteiger partial charge in [-0.05, 0) is 31.2 Å². The van der Waals surface area contributed by atoms with Crippen LogP contribution in [0.3, 0.4) is 0 Å². The lowest BCUT2D eigenvalue weighted by atomic mass is 10.2. The Kier molecular flexibility index (Phi) is 4.56. The third-order valence-corrected chi connectivity index (χ3v) is 3.50. The summed E-state index contributed by atoms with van der Waals surface area (Å²) < 4.78 is 6.15. The lowest BCUT2D eigenvalue weighted by Crippen LogP contribution is -2.27. The minimum atomic E-state index is -0.894. The lowest BCUT2D eigenvalue weighted by molar-refractivity contribution is -0.119. The molecule has 0 saturated heterocycles. The number of ether oxygens (including phenoxy) is 1. The molecule has 0 spiro atoms. The van der Waals surface area contributed by atoms with Crippen LogP contribution in [0.25, 0.3) is 5.65 Å². The number of fused-ring (bicyclic) bond motifs is 1. The highest BCUT2D eigenvalue weighted by molar-refractivity contribution is 5.95. The van der Waals surface area contributed by atoms with Crippen molar-refractivity contribution in [3.63, 3.8) is 0 Å². The molecule has 7 heteroatoms. The van der Waals surface area contributed by atoms with Crippen molar-refractivity contribution in [2.45, 2.75) is 6.92 Å². The first-order chi connectivity index (χ1) is 12.0. The van der Waals surface area contributed by atoms with Crippen LogP contribution in [-0.2, 0) is 9.53 Å². The second kappa shape index (κ2) is 6.96. The summed E-state index contributed by atoms with van der Waals surface area (Å²) in [6.07, 6.45) is 2.66. The third-order valence-electron chi connectivity index (χ3n) is 3.50. The number of rotatable bonds is 4. The number of amides is 1. The summed E-state index contributed by atoms with van der Waals surface area (Å²) in [5, 5.41) is 2.61. The van der Waals surface area contributed by atoms with Gasteiger partial charge in [0.2, 0.25) is 0 Å². The SMILES string of the molecule is Cc1ccc(NC(=O)COC(=O)c2cnc3ccccn3c2=O)cc1. The second-order valence-corrected chi connectivity index (χ2v) is 5.40. The molecule has 1 aromatic carbocycles. The highest BCUT2D eigenvalue weighted by Gasteiger charge is 2.16. The first-order valence-corrected chi connectivity index (χ1v) is 7.54.